The number of nitrogens with zero attached hydrogens (tertiary/aromatic N) is 3. The van der Waals surface area contributed by atoms with Gasteiger partial charge in [0, 0.05) is 62.8 Å². The number of aromatic nitrogens is 2. The minimum Gasteiger partial charge on any atom is -0.361 e. The molecular weight excluding hydrogens is 570 g/mol. The maximum atomic E-state index is 14.0. The van der Waals surface area contributed by atoms with Crippen molar-refractivity contribution in [3.8, 4) is 0 Å². The van der Waals surface area contributed by atoms with Gasteiger partial charge in [0.05, 0.1) is 12.2 Å². The number of amides is 4. The van der Waals surface area contributed by atoms with Crippen LogP contribution in [0, 0.1) is 0 Å². The summed E-state index contributed by atoms with van der Waals surface area (Å²) in [5.74, 6) is -1.57. The highest BCUT2D eigenvalue weighted by molar-refractivity contribution is 5.95. The van der Waals surface area contributed by atoms with E-state index in [2.05, 4.69) is 25.9 Å². The van der Waals surface area contributed by atoms with E-state index in [1.807, 2.05) is 83.9 Å². The van der Waals surface area contributed by atoms with Gasteiger partial charge in [-0.25, -0.2) is 0 Å². The second-order valence-electron chi connectivity index (χ2n) is 11.4. The van der Waals surface area contributed by atoms with Crippen molar-refractivity contribution in [1.82, 2.24) is 35.7 Å². The van der Waals surface area contributed by atoms with Gasteiger partial charge in [-0.05, 0) is 36.2 Å². The van der Waals surface area contributed by atoms with Gasteiger partial charge < -0.3 is 25.8 Å². The lowest BCUT2D eigenvalue weighted by molar-refractivity contribution is -0.142. The van der Waals surface area contributed by atoms with Gasteiger partial charge in [0.1, 0.15) is 18.1 Å². The molecule has 0 aliphatic carbocycles. The van der Waals surface area contributed by atoms with Crippen LogP contribution in [0.5, 0.6) is 0 Å². The fourth-order valence-electron chi connectivity index (χ4n) is 5.52. The number of likely N-dealkylation sites (N-methyl/N-ethyl adjacent to an activating group) is 1. The minimum absolute atomic E-state index is 0.0198. The summed E-state index contributed by atoms with van der Waals surface area (Å²) < 4.78 is 0. The Bertz CT molecular complexity index is 1630. The van der Waals surface area contributed by atoms with Crippen LogP contribution in [0.3, 0.4) is 0 Å². The van der Waals surface area contributed by atoms with Crippen molar-refractivity contribution in [2.75, 3.05) is 26.7 Å². The number of carbonyl (C=O) groups excluding carboxylic acids is 4. The Morgan fingerprint density at radius 3 is 2.38 bits per heavy atom. The van der Waals surface area contributed by atoms with Crippen molar-refractivity contribution in [3.63, 3.8) is 0 Å². The summed E-state index contributed by atoms with van der Waals surface area (Å²) in [6.07, 6.45) is 4.04. The fourth-order valence-corrected chi connectivity index (χ4v) is 5.52. The average molecular weight is 610 g/mol. The number of benzene rings is 2. The van der Waals surface area contributed by atoms with Gasteiger partial charge >= 0.3 is 0 Å². The normalized spacial score (nSPS) is 21.0. The smallest absolute Gasteiger partial charge is 0.245 e. The third kappa shape index (κ3) is 8.12. The molecule has 2 aromatic carbocycles. The van der Waals surface area contributed by atoms with E-state index in [0.717, 1.165) is 27.7 Å². The van der Waals surface area contributed by atoms with Gasteiger partial charge in [-0.3, -0.25) is 29.1 Å². The first kappa shape index (κ1) is 31.4. The summed E-state index contributed by atoms with van der Waals surface area (Å²) in [5.41, 5.74) is 3.45. The lowest BCUT2D eigenvalue weighted by Crippen LogP contribution is -2.57. The second-order valence-corrected chi connectivity index (χ2v) is 11.4. The SMILES string of the molecule is C[C@H]1C(=O)N[C@@H](Cc2ccccc2)C(=O)NCCN(Cc2ccccn2)CC(=O)N[C@@H](Cc2c[nH]c3ccccc23)C(=O)N1C. The number of pyridine rings is 1. The zero-order valence-corrected chi connectivity index (χ0v) is 25.5. The highest BCUT2D eigenvalue weighted by Crippen LogP contribution is 2.20. The number of carbonyl (C=O) groups is 4. The van der Waals surface area contributed by atoms with Gasteiger partial charge in [0.15, 0.2) is 0 Å². The molecule has 4 aromatic rings. The van der Waals surface area contributed by atoms with Crippen molar-refractivity contribution < 1.29 is 19.2 Å². The molecule has 0 bridgehead atoms. The number of hydrogen-bond donors (Lipinski definition) is 4. The zero-order valence-electron chi connectivity index (χ0n) is 25.5. The number of rotatable bonds is 6. The summed E-state index contributed by atoms with van der Waals surface area (Å²) in [6.45, 7) is 2.55. The highest BCUT2D eigenvalue weighted by atomic mass is 16.2. The Labute approximate surface area is 262 Å². The molecule has 5 rings (SSSR count). The molecular formula is C34H39N7O4. The summed E-state index contributed by atoms with van der Waals surface area (Å²) in [7, 11) is 1.54. The lowest BCUT2D eigenvalue weighted by Gasteiger charge is -2.30. The third-order valence-corrected chi connectivity index (χ3v) is 8.16. The average Bonchev–Trinajstić information content (AvgIpc) is 3.46. The molecule has 0 radical (unpaired) electrons. The van der Waals surface area contributed by atoms with E-state index in [4.69, 9.17) is 0 Å². The molecule has 3 heterocycles. The van der Waals surface area contributed by atoms with Crippen molar-refractivity contribution in [2.24, 2.45) is 0 Å². The third-order valence-electron chi connectivity index (χ3n) is 8.16. The molecule has 1 saturated heterocycles. The lowest BCUT2D eigenvalue weighted by atomic mass is 10.0. The van der Waals surface area contributed by atoms with Crippen LogP contribution < -0.4 is 16.0 Å². The summed E-state index contributed by atoms with van der Waals surface area (Å²) in [6, 6.07) is 20.1. The van der Waals surface area contributed by atoms with E-state index < -0.39 is 29.9 Å². The van der Waals surface area contributed by atoms with E-state index in [0.29, 0.717) is 13.1 Å². The maximum Gasteiger partial charge on any atom is 0.245 e. The Hall–Kier alpha value is -5.03. The Balaban J connectivity index is 1.44. The van der Waals surface area contributed by atoms with Crippen molar-refractivity contribution in [2.45, 2.75) is 44.4 Å². The molecule has 1 aliphatic rings. The van der Waals surface area contributed by atoms with E-state index in [1.54, 1.807) is 20.2 Å². The Morgan fingerprint density at radius 1 is 0.844 bits per heavy atom. The number of para-hydroxylation sites is 1. The fraction of sp³-hybridized carbons (Fsp3) is 0.324. The summed E-state index contributed by atoms with van der Waals surface area (Å²) in [5, 5.41) is 9.70. The maximum absolute atomic E-state index is 14.0. The number of H-pyrrole nitrogens is 1. The van der Waals surface area contributed by atoms with Crippen LogP contribution in [-0.4, -0.2) is 88.2 Å². The van der Waals surface area contributed by atoms with Crippen LogP contribution in [0.25, 0.3) is 10.9 Å². The van der Waals surface area contributed by atoms with Crippen LogP contribution in [0.2, 0.25) is 0 Å². The molecule has 2 aromatic heterocycles. The van der Waals surface area contributed by atoms with Crippen molar-refractivity contribution in [3.05, 3.63) is 102 Å². The first-order valence-corrected chi connectivity index (χ1v) is 15.1. The van der Waals surface area contributed by atoms with Crippen LogP contribution in [0.4, 0.5) is 0 Å². The predicted molar refractivity (Wildman–Crippen MR) is 171 cm³/mol. The van der Waals surface area contributed by atoms with E-state index >= 15 is 0 Å². The van der Waals surface area contributed by atoms with Crippen LogP contribution >= 0.6 is 0 Å². The van der Waals surface area contributed by atoms with Gasteiger partial charge in [0.2, 0.25) is 23.6 Å². The van der Waals surface area contributed by atoms with E-state index in [9.17, 15) is 19.2 Å². The van der Waals surface area contributed by atoms with Crippen molar-refractivity contribution in [1.29, 1.82) is 0 Å². The molecule has 4 amide bonds. The monoisotopic (exact) mass is 609 g/mol. The second kappa shape index (κ2) is 14.6. The van der Waals surface area contributed by atoms with Crippen LogP contribution in [0.1, 0.15) is 23.7 Å². The molecule has 1 fully saturated rings. The Kier molecular flexibility index (Phi) is 10.2. The highest BCUT2D eigenvalue weighted by Gasteiger charge is 2.33. The largest absolute Gasteiger partial charge is 0.361 e. The van der Waals surface area contributed by atoms with Gasteiger partial charge in [-0.2, -0.15) is 0 Å². The minimum atomic E-state index is -0.932. The first-order chi connectivity index (χ1) is 21.8. The molecule has 0 unspecified atom stereocenters. The van der Waals surface area contributed by atoms with E-state index in [-0.39, 0.29) is 37.7 Å². The van der Waals surface area contributed by atoms with Crippen LogP contribution in [0.15, 0.2) is 85.2 Å². The first-order valence-electron chi connectivity index (χ1n) is 15.1. The molecule has 45 heavy (non-hydrogen) atoms. The molecule has 4 N–H and O–H groups in total. The quantitative estimate of drug-likeness (QED) is 0.263. The van der Waals surface area contributed by atoms with E-state index in [1.165, 1.54) is 4.90 Å². The van der Waals surface area contributed by atoms with Gasteiger partial charge in [0.25, 0.3) is 0 Å². The Morgan fingerprint density at radius 2 is 1.60 bits per heavy atom. The number of hydrogen-bond acceptors (Lipinski definition) is 6. The predicted octanol–water partition coefficient (Wildman–Crippen LogP) is 1.80. The number of nitrogens with one attached hydrogen (secondary N) is 4. The molecule has 1 aliphatic heterocycles. The van der Waals surface area contributed by atoms with Crippen LogP contribution in [-0.2, 0) is 38.6 Å². The van der Waals surface area contributed by atoms with Crippen molar-refractivity contribution >= 4 is 34.5 Å². The number of fused-ring (bicyclic) bond motifs is 1. The van der Waals surface area contributed by atoms with Gasteiger partial charge in [-0.1, -0.05) is 54.6 Å². The standard InChI is InChI=1S/C34H39N7O4/c1-23-32(43)39-29(18-24-10-4-3-5-11-24)33(44)36-16-17-41(21-26-12-8-9-15-35-26)22-31(42)38-30(34(45)40(23)2)19-25-20-37-28-14-7-6-13-27(25)28/h3-15,20,23,29-30,37H,16-19,21-22H2,1-2H3,(H,36,44)(H,38,42)(H,39,43)/t23-,29-,30-/m0/s1. The van der Waals surface area contributed by atoms with Gasteiger partial charge in [-0.15, -0.1) is 0 Å². The molecule has 11 heteroatoms. The summed E-state index contributed by atoms with van der Waals surface area (Å²) >= 11 is 0. The molecule has 234 valence electrons. The summed E-state index contributed by atoms with van der Waals surface area (Å²) in [4.78, 5) is 65.2. The molecule has 11 nitrogen and oxygen atoms in total. The zero-order chi connectivity index (χ0) is 31.8. The number of aromatic amines is 1. The molecule has 3 atom stereocenters. The topological polar surface area (TPSA) is 140 Å². The molecule has 0 spiro atoms. The molecule has 0 saturated carbocycles.